The van der Waals surface area contributed by atoms with E-state index < -0.39 is 47.2 Å². The molecule has 43 heavy (non-hydrogen) atoms. The SMILES string of the molecule is CCN1C(=O)[C@@H](NC(=O)c2cccc(C(F)(F)F)c2)[C@H](c2ccc(F)cc2)c2c(NC(=O)C#N)nn(-c3ccccc3)c21. The Morgan fingerprint density at radius 2 is 1.72 bits per heavy atom. The van der Waals surface area contributed by atoms with Crippen molar-refractivity contribution in [3.8, 4) is 11.8 Å². The number of nitriles is 1. The Bertz CT molecular complexity index is 1750. The largest absolute Gasteiger partial charge is 0.416 e. The molecule has 2 N–H and O–H groups in total. The van der Waals surface area contributed by atoms with Crippen LogP contribution in [0.25, 0.3) is 5.69 Å². The van der Waals surface area contributed by atoms with Crippen molar-refractivity contribution in [1.29, 1.82) is 5.26 Å². The summed E-state index contributed by atoms with van der Waals surface area (Å²) in [6.07, 6.45) is -4.71. The average molecular weight is 591 g/mol. The number of nitrogens with zero attached hydrogens (tertiary/aromatic N) is 4. The predicted octanol–water partition coefficient (Wildman–Crippen LogP) is 4.79. The van der Waals surface area contributed by atoms with Crippen LogP contribution in [0.2, 0.25) is 0 Å². The van der Waals surface area contributed by atoms with Gasteiger partial charge in [0.25, 0.3) is 11.8 Å². The number of hydrogen-bond acceptors (Lipinski definition) is 5. The normalized spacial score (nSPS) is 16.3. The first-order valence-corrected chi connectivity index (χ1v) is 13.0. The lowest BCUT2D eigenvalue weighted by molar-refractivity contribution is -0.137. The molecule has 2 atom stereocenters. The van der Waals surface area contributed by atoms with Crippen LogP contribution >= 0.6 is 0 Å². The molecule has 5 rings (SSSR count). The zero-order valence-electron chi connectivity index (χ0n) is 22.4. The highest BCUT2D eigenvalue weighted by atomic mass is 19.4. The first-order valence-electron chi connectivity index (χ1n) is 13.0. The molecular weight excluding hydrogens is 568 g/mol. The van der Waals surface area contributed by atoms with E-state index >= 15 is 0 Å². The number of rotatable bonds is 6. The Balaban J connectivity index is 1.72. The highest BCUT2D eigenvalue weighted by Crippen LogP contribution is 2.45. The molecular formula is C30H22F4N6O3. The molecule has 0 aliphatic carbocycles. The van der Waals surface area contributed by atoms with Crippen LogP contribution < -0.4 is 15.5 Å². The molecule has 2 heterocycles. The number of aromatic nitrogens is 2. The molecule has 1 aromatic heterocycles. The quantitative estimate of drug-likeness (QED) is 0.247. The van der Waals surface area contributed by atoms with Gasteiger partial charge in [-0.1, -0.05) is 36.4 Å². The van der Waals surface area contributed by atoms with Gasteiger partial charge >= 0.3 is 12.1 Å². The maximum absolute atomic E-state index is 14.1. The van der Waals surface area contributed by atoms with Crippen LogP contribution in [-0.4, -0.2) is 40.1 Å². The minimum atomic E-state index is -4.71. The second-order valence-corrected chi connectivity index (χ2v) is 9.54. The van der Waals surface area contributed by atoms with Crippen LogP contribution in [-0.2, 0) is 15.8 Å². The molecule has 218 valence electrons. The van der Waals surface area contributed by atoms with E-state index in [1.54, 1.807) is 37.3 Å². The van der Waals surface area contributed by atoms with Crippen LogP contribution in [0.4, 0.5) is 29.2 Å². The van der Waals surface area contributed by atoms with Gasteiger partial charge in [-0.15, -0.1) is 5.10 Å². The second-order valence-electron chi connectivity index (χ2n) is 9.54. The molecule has 3 aromatic carbocycles. The summed E-state index contributed by atoms with van der Waals surface area (Å²) in [5.74, 6) is -4.19. The number of fused-ring (bicyclic) bond motifs is 1. The fraction of sp³-hybridized carbons (Fsp3) is 0.167. The van der Waals surface area contributed by atoms with Crippen LogP contribution in [0.15, 0.2) is 78.9 Å². The van der Waals surface area contributed by atoms with E-state index in [1.807, 2.05) is 0 Å². The van der Waals surface area contributed by atoms with Gasteiger partial charge in [-0.25, -0.2) is 9.07 Å². The number of halogens is 4. The number of amides is 3. The number of nitrogens with one attached hydrogen (secondary N) is 2. The average Bonchev–Trinajstić information content (AvgIpc) is 3.36. The van der Waals surface area contributed by atoms with E-state index in [2.05, 4.69) is 15.7 Å². The molecule has 4 aromatic rings. The smallest absolute Gasteiger partial charge is 0.339 e. The molecule has 3 amide bonds. The van der Waals surface area contributed by atoms with E-state index in [9.17, 15) is 37.2 Å². The molecule has 1 aliphatic rings. The van der Waals surface area contributed by atoms with E-state index in [1.165, 1.54) is 33.9 Å². The highest BCUT2D eigenvalue weighted by molar-refractivity contribution is 6.08. The van der Waals surface area contributed by atoms with Gasteiger partial charge in [0.05, 0.1) is 11.3 Å². The third kappa shape index (κ3) is 5.54. The van der Waals surface area contributed by atoms with Crippen molar-refractivity contribution in [2.24, 2.45) is 0 Å². The lowest BCUT2D eigenvalue weighted by Gasteiger charge is -2.38. The van der Waals surface area contributed by atoms with E-state index in [0.717, 1.165) is 24.3 Å². The molecule has 0 radical (unpaired) electrons. The molecule has 0 fully saturated rings. The van der Waals surface area contributed by atoms with E-state index in [0.29, 0.717) is 17.3 Å². The van der Waals surface area contributed by atoms with Crippen molar-refractivity contribution in [3.05, 3.63) is 107 Å². The fourth-order valence-electron chi connectivity index (χ4n) is 5.07. The van der Waals surface area contributed by atoms with Crippen LogP contribution in [0.3, 0.4) is 0 Å². The summed E-state index contributed by atoms with van der Waals surface area (Å²) in [4.78, 5) is 41.1. The predicted molar refractivity (Wildman–Crippen MR) is 147 cm³/mol. The van der Waals surface area contributed by atoms with Crippen LogP contribution in [0.1, 0.15) is 39.9 Å². The zero-order chi connectivity index (χ0) is 30.9. The van der Waals surface area contributed by atoms with Crippen molar-refractivity contribution in [3.63, 3.8) is 0 Å². The van der Waals surface area contributed by atoms with Crippen molar-refractivity contribution in [2.45, 2.75) is 25.1 Å². The lowest BCUT2D eigenvalue weighted by Crippen LogP contribution is -2.55. The molecule has 0 unspecified atom stereocenters. The van der Waals surface area contributed by atoms with Crippen molar-refractivity contribution in [2.75, 3.05) is 16.8 Å². The Kier molecular flexibility index (Phi) is 7.69. The van der Waals surface area contributed by atoms with E-state index in [-0.39, 0.29) is 29.3 Å². The highest BCUT2D eigenvalue weighted by Gasteiger charge is 2.46. The number of alkyl halides is 3. The number of likely N-dealkylation sites (N-methyl/N-ethyl adjacent to an activating group) is 1. The van der Waals surface area contributed by atoms with Gasteiger partial charge in [0, 0.05) is 23.6 Å². The standard InChI is InChI=1S/C30H22F4N6O3/c1-2-39-28-24(26(36-22(41)16-35)38-40(28)21-9-4-3-5-10-21)23(17-11-13-20(31)14-12-17)25(29(39)43)37-27(42)18-7-6-8-19(15-18)30(32,33)34/h3-15,23,25H,2H2,1H3,(H,37,42)(H,36,38,41)/t23-,25+/m1/s1. The van der Waals surface area contributed by atoms with Gasteiger partial charge in [-0.05, 0) is 55.0 Å². The number of carbonyl (C=O) groups is 3. The van der Waals surface area contributed by atoms with Crippen LogP contribution in [0, 0.1) is 17.1 Å². The Labute approximate surface area is 242 Å². The number of benzene rings is 3. The third-order valence-corrected chi connectivity index (χ3v) is 6.95. The van der Waals surface area contributed by atoms with Crippen molar-refractivity contribution in [1.82, 2.24) is 15.1 Å². The molecule has 0 spiro atoms. The van der Waals surface area contributed by atoms with Gasteiger partial charge in [0.1, 0.15) is 17.7 Å². The summed E-state index contributed by atoms with van der Waals surface area (Å²) >= 11 is 0. The van der Waals surface area contributed by atoms with Crippen LogP contribution in [0.5, 0.6) is 0 Å². The third-order valence-electron chi connectivity index (χ3n) is 6.95. The Hall–Kier alpha value is -5.51. The molecule has 13 heteroatoms. The molecule has 0 saturated carbocycles. The summed E-state index contributed by atoms with van der Waals surface area (Å²) in [5, 5.41) is 18.7. The Morgan fingerprint density at radius 3 is 2.35 bits per heavy atom. The lowest BCUT2D eigenvalue weighted by atomic mass is 9.81. The van der Waals surface area contributed by atoms with Gasteiger partial charge in [-0.3, -0.25) is 24.6 Å². The summed E-state index contributed by atoms with van der Waals surface area (Å²) < 4.78 is 55.5. The summed E-state index contributed by atoms with van der Waals surface area (Å²) in [7, 11) is 0. The Morgan fingerprint density at radius 1 is 1.02 bits per heavy atom. The number of hydrogen-bond donors (Lipinski definition) is 2. The summed E-state index contributed by atoms with van der Waals surface area (Å²) in [6.45, 7) is 1.74. The number of anilines is 2. The first kappa shape index (κ1) is 29.0. The van der Waals surface area contributed by atoms with E-state index in [4.69, 9.17) is 0 Å². The minimum absolute atomic E-state index is 0.0715. The van der Waals surface area contributed by atoms with Gasteiger partial charge < -0.3 is 5.32 Å². The van der Waals surface area contributed by atoms with Crippen molar-refractivity contribution < 1.29 is 31.9 Å². The molecule has 1 aliphatic heterocycles. The molecule has 0 bridgehead atoms. The monoisotopic (exact) mass is 590 g/mol. The topological polar surface area (TPSA) is 120 Å². The summed E-state index contributed by atoms with van der Waals surface area (Å²) in [6, 6.07) is 17.5. The van der Waals surface area contributed by atoms with Crippen molar-refractivity contribution >= 4 is 29.4 Å². The number of carbonyl (C=O) groups excluding carboxylic acids is 3. The maximum atomic E-state index is 14.1. The second kappa shape index (κ2) is 11.4. The molecule has 0 saturated heterocycles. The summed E-state index contributed by atoms with van der Waals surface area (Å²) in [5.41, 5.74) is -0.316. The number of para-hydroxylation sites is 1. The first-order chi connectivity index (χ1) is 20.5. The minimum Gasteiger partial charge on any atom is -0.339 e. The van der Waals surface area contributed by atoms with Gasteiger partial charge in [0.15, 0.2) is 11.9 Å². The fourth-order valence-corrected chi connectivity index (χ4v) is 5.07. The van der Waals surface area contributed by atoms with Gasteiger partial charge in [-0.2, -0.15) is 18.4 Å². The molecule has 9 nitrogen and oxygen atoms in total. The zero-order valence-corrected chi connectivity index (χ0v) is 22.4. The van der Waals surface area contributed by atoms with Gasteiger partial charge in [0.2, 0.25) is 0 Å². The maximum Gasteiger partial charge on any atom is 0.416 e.